The number of hydrogen-bond acceptors (Lipinski definition) is 5. The Morgan fingerprint density at radius 2 is 1.47 bits per heavy atom. The third kappa shape index (κ3) is 5.31. The second-order valence-electron chi connectivity index (χ2n) is 7.23. The molecule has 1 fully saturated rings. The molecular formula is C25H23NO5S. The average Bonchev–Trinajstić information content (AvgIpc) is 2.84. The molecule has 1 saturated heterocycles. The van der Waals surface area contributed by atoms with E-state index >= 15 is 0 Å². The third-order valence-electron chi connectivity index (χ3n) is 5.08. The van der Waals surface area contributed by atoms with Crippen molar-refractivity contribution in [3.63, 3.8) is 0 Å². The van der Waals surface area contributed by atoms with E-state index in [1.807, 2.05) is 42.5 Å². The van der Waals surface area contributed by atoms with E-state index in [2.05, 4.69) is 0 Å². The first-order valence-corrected chi connectivity index (χ1v) is 11.7. The van der Waals surface area contributed by atoms with Gasteiger partial charge < -0.3 is 9.47 Å². The molecule has 0 aliphatic carbocycles. The van der Waals surface area contributed by atoms with Crippen LogP contribution in [0.1, 0.15) is 5.56 Å². The lowest BCUT2D eigenvalue weighted by Crippen LogP contribution is -2.40. The molecule has 0 N–H and O–H groups in total. The lowest BCUT2D eigenvalue weighted by Gasteiger charge is -2.26. The van der Waals surface area contributed by atoms with Crippen LogP contribution in [0.5, 0.6) is 5.75 Å². The Bertz CT molecular complexity index is 1180. The van der Waals surface area contributed by atoms with Crippen molar-refractivity contribution in [2.75, 3.05) is 26.3 Å². The number of benzene rings is 3. The highest BCUT2D eigenvalue weighted by Crippen LogP contribution is 2.22. The van der Waals surface area contributed by atoms with Crippen molar-refractivity contribution >= 4 is 22.1 Å². The molecule has 164 valence electrons. The van der Waals surface area contributed by atoms with E-state index in [1.54, 1.807) is 30.3 Å². The van der Waals surface area contributed by atoms with Crippen LogP contribution in [0.4, 0.5) is 0 Å². The fraction of sp³-hybridized carbons (Fsp3) is 0.160. The summed E-state index contributed by atoms with van der Waals surface area (Å²) in [5, 5.41) is 0. The van der Waals surface area contributed by atoms with Crippen LogP contribution in [-0.4, -0.2) is 45.0 Å². The largest absolute Gasteiger partial charge is 0.423 e. The van der Waals surface area contributed by atoms with Gasteiger partial charge in [0.15, 0.2) is 0 Å². The van der Waals surface area contributed by atoms with Gasteiger partial charge in [-0.05, 0) is 47.0 Å². The minimum atomic E-state index is -3.54. The summed E-state index contributed by atoms with van der Waals surface area (Å²) in [5.74, 6) is -0.0613. The predicted octanol–water partition coefficient (Wildman–Crippen LogP) is 3.99. The van der Waals surface area contributed by atoms with Crippen molar-refractivity contribution in [2.24, 2.45) is 0 Å². The second kappa shape index (κ2) is 9.91. The van der Waals surface area contributed by atoms with Crippen LogP contribution in [0.2, 0.25) is 0 Å². The molecule has 6 nitrogen and oxygen atoms in total. The smallest absolute Gasteiger partial charge is 0.336 e. The van der Waals surface area contributed by atoms with Gasteiger partial charge in [-0.3, -0.25) is 0 Å². The zero-order valence-corrected chi connectivity index (χ0v) is 18.2. The summed E-state index contributed by atoms with van der Waals surface area (Å²) in [6, 6.07) is 23.6. The van der Waals surface area contributed by atoms with E-state index in [0.29, 0.717) is 37.6 Å². The predicted molar refractivity (Wildman–Crippen MR) is 123 cm³/mol. The van der Waals surface area contributed by atoms with Gasteiger partial charge in [0.2, 0.25) is 10.0 Å². The summed E-state index contributed by atoms with van der Waals surface area (Å²) in [7, 11) is -3.54. The van der Waals surface area contributed by atoms with Gasteiger partial charge in [0, 0.05) is 19.2 Å². The summed E-state index contributed by atoms with van der Waals surface area (Å²) in [6.07, 6.45) is 2.91. The van der Waals surface area contributed by atoms with E-state index < -0.39 is 16.0 Å². The van der Waals surface area contributed by atoms with Crippen molar-refractivity contribution in [1.82, 2.24) is 4.31 Å². The van der Waals surface area contributed by atoms with Crippen molar-refractivity contribution < 1.29 is 22.7 Å². The van der Waals surface area contributed by atoms with E-state index in [0.717, 1.165) is 11.1 Å². The molecule has 1 aliphatic heterocycles. The maximum absolute atomic E-state index is 12.7. The van der Waals surface area contributed by atoms with Gasteiger partial charge in [-0.25, -0.2) is 13.2 Å². The molecule has 3 aromatic carbocycles. The van der Waals surface area contributed by atoms with Gasteiger partial charge in [0.1, 0.15) is 5.75 Å². The first-order valence-electron chi connectivity index (χ1n) is 10.3. The molecule has 1 heterocycles. The number of hydrogen-bond donors (Lipinski definition) is 0. The maximum atomic E-state index is 12.7. The van der Waals surface area contributed by atoms with Crippen molar-refractivity contribution in [1.29, 1.82) is 0 Å². The van der Waals surface area contributed by atoms with Gasteiger partial charge in [-0.2, -0.15) is 4.31 Å². The van der Waals surface area contributed by atoms with Gasteiger partial charge >= 0.3 is 5.97 Å². The van der Waals surface area contributed by atoms with E-state index in [-0.39, 0.29) is 4.90 Å². The number of carbonyl (C=O) groups excluding carboxylic acids is 1. The third-order valence-corrected chi connectivity index (χ3v) is 6.99. The summed E-state index contributed by atoms with van der Waals surface area (Å²) in [4.78, 5) is 12.4. The molecule has 0 atom stereocenters. The van der Waals surface area contributed by atoms with Crippen LogP contribution < -0.4 is 4.74 Å². The lowest BCUT2D eigenvalue weighted by atomic mass is 10.1. The highest BCUT2D eigenvalue weighted by atomic mass is 32.2. The standard InChI is InChI=1S/C25H23NO5S/c27-25(31-23-11-9-22(10-12-23)21-4-2-1-3-5-21)15-8-20-6-13-24(14-7-20)32(28,29)26-16-18-30-19-17-26/h1-15H,16-19H2. The molecule has 7 heteroatoms. The number of esters is 1. The molecule has 0 aromatic heterocycles. The Morgan fingerprint density at radius 1 is 0.844 bits per heavy atom. The van der Waals surface area contributed by atoms with Crippen molar-refractivity contribution in [2.45, 2.75) is 4.90 Å². The molecule has 3 aromatic rings. The summed E-state index contributed by atoms with van der Waals surface area (Å²) >= 11 is 0. The lowest BCUT2D eigenvalue weighted by molar-refractivity contribution is -0.128. The normalized spacial score (nSPS) is 15.0. The number of nitrogens with zero attached hydrogens (tertiary/aromatic N) is 1. The highest BCUT2D eigenvalue weighted by molar-refractivity contribution is 7.89. The van der Waals surface area contributed by atoms with Gasteiger partial charge in [-0.15, -0.1) is 0 Å². The molecule has 1 aliphatic rings. The summed E-state index contributed by atoms with van der Waals surface area (Å²) in [6.45, 7) is 1.50. The minimum absolute atomic E-state index is 0.220. The van der Waals surface area contributed by atoms with Crippen LogP contribution in [0.25, 0.3) is 17.2 Å². The number of morpholine rings is 1. The topological polar surface area (TPSA) is 72.9 Å². The van der Waals surface area contributed by atoms with Gasteiger partial charge in [0.05, 0.1) is 18.1 Å². The van der Waals surface area contributed by atoms with E-state index in [1.165, 1.54) is 22.5 Å². The van der Waals surface area contributed by atoms with Crippen LogP contribution in [0.3, 0.4) is 0 Å². The summed E-state index contributed by atoms with van der Waals surface area (Å²) in [5.41, 5.74) is 2.82. The molecule has 0 radical (unpaired) electrons. The first-order chi connectivity index (χ1) is 15.5. The van der Waals surface area contributed by atoms with Crippen molar-refractivity contribution in [3.8, 4) is 16.9 Å². The first kappa shape index (κ1) is 22.0. The Balaban J connectivity index is 1.36. The molecule has 0 spiro atoms. The fourth-order valence-electron chi connectivity index (χ4n) is 3.35. The second-order valence-corrected chi connectivity index (χ2v) is 9.17. The van der Waals surface area contributed by atoms with Gasteiger partial charge in [0.25, 0.3) is 0 Å². The Kier molecular flexibility index (Phi) is 6.80. The average molecular weight is 450 g/mol. The van der Waals surface area contributed by atoms with Crippen LogP contribution in [0.15, 0.2) is 89.8 Å². The number of ether oxygens (including phenoxy) is 2. The molecule has 4 rings (SSSR count). The number of rotatable bonds is 6. The van der Waals surface area contributed by atoms with E-state index in [4.69, 9.17) is 9.47 Å². The SMILES string of the molecule is O=C(C=Cc1ccc(S(=O)(=O)N2CCOCC2)cc1)Oc1ccc(-c2ccccc2)cc1. The quantitative estimate of drug-likeness (QED) is 0.323. The molecular weight excluding hydrogens is 426 g/mol. The Hall–Kier alpha value is -3.26. The van der Waals surface area contributed by atoms with Crippen LogP contribution in [-0.2, 0) is 19.6 Å². The monoisotopic (exact) mass is 449 g/mol. The molecule has 32 heavy (non-hydrogen) atoms. The van der Waals surface area contributed by atoms with Crippen LogP contribution >= 0.6 is 0 Å². The van der Waals surface area contributed by atoms with Crippen LogP contribution in [0, 0.1) is 0 Å². The number of sulfonamides is 1. The molecule has 0 amide bonds. The number of carbonyl (C=O) groups is 1. The zero-order valence-electron chi connectivity index (χ0n) is 17.4. The molecule has 0 saturated carbocycles. The highest BCUT2D eigenvalue weighted by Gasteiger charge is 2.25. The van der Waals surface area contributed by atoms with Gasteiger partial charge in [-0.1, -0.05) is 54.6 Å². The molecule has 0 bridgehead atoms. The van der Waals surface area contributed by atoms with E-state index in [9.17, 15) is 13.2 Å². The Labute approximate surface area is 187 Å². The molecule has 0 unspecified atom stereocenters. The summed E-state index contributed by atoms with van der Waals surface area (Å²) < 4.78 is 37.3. The van der Waals surface area contributed by atoms with Crippen molar-refractivity contribution in [3.05, 3.63) is 90.5 Å². The zero-order chi connectivity index (χ0) is 22.4. The maximum Gasteiger partial charge on any atom is 0.336 e. The fourth-order valence-corrected chi connectivity index (χ4v) is 4.76. The minimum Gasteiger partial charge on any atom is -0.423 e. The Morgan fingerprint density at radius 3 is 2.12 bits per heavy atom.